The molecular weight excluding hydrogens is 1240 g/mol. The van der Waals surface area contributed by atoms with E-state index in [-0.39, 0.29) is 86.5 Å². The lowest BCUT2D eigenvalue weighted by Gasteiger charge is -2.44. The number of aliphatic hydroxyl groups is 2. The number of fused-ring (bicyclic) bond motifs is 10. The van der Waals surface area contributed by atoms with E-state index in [1.807, 2.05) is 150 Å². The minimum Gasteiger partial charge on any atom is -0.495 e. The molecule has 2 amide bonds. The monoisotopic (exact) mass is 1350 g/mol. The molecule has 8 unspecified atom stereocenters. The van der Waals surface area contributed by atoms with Crippen LogP contribution < -0.4 is 30.5 Å². The van der Waals surface area contributed by atoms with E-state index in [1.165, 1.54) is 24.0 Å². The summed E-state index contributed by atoms with van der Waals surface area (Å²) < 4.78 is 48.4. The van der Waals surface area contributed by atoms with Crippen LogP contribution in [0.4, 0.5) is 11.4 Å². The van der Waals surface area contributed by atoms with E-state index in [0.29, 0.717) is 40.0 Å². The molecule has 94 heavy (non-hydrogen) atoms. The minimum absolute atomic E-state index is 0. The topological polar surface area (TPSA) is 235 Å². The second-order valence-electron chi connectivity index (χ2n) is 27.4. The minimum atomic E-state index is -1.53. The highest BCUT2D eigenvalue weighted by atomic mass is 35.5. The lowest BCUT2D eigenvalue weighted by atomic mass is 9.82. The number of nitrogens with zero attached hydrogens (tertiary/aromatic N) is 3. The summed E-state index contributed by atoms with van der Waals surface area (Å²) in [5, 5.41) is 33.5. The average Bonchev–Trinajstić information content (AvgIpc) is 1.58. The number of ether oxygens (including phenoxy) is 8. The van der Waals surface area contributed by atoms with Crippen molar-refractivity contribution in [3.05, 3.63) is 124 Å². The van der Waals surface area contributed by atoms with Crippen LogP contribution in [-0.4, -0.2) is 164 Å². The first kappa shape index (κ1) is 77.1. The Labute approximate surface area is 568 Å². The van der Waals surface area contributed by atoms with Gasteiger partial charge in [-0.25, -0.2) is 0 Å². The standard InChI is InChI=1S/C36H52ClN3O8.C35H50ClN3O6.CH4/c1-20(2)39(8)23(5)34(42)47-30-18-31(41)40(9)26-16-25(17-27(44-10)32(26)37)15-21(3)13-12-14-29(45-11)36(43)19-28(46-24(6)38-36)22(4)33-35(30,7)48-33;1-19(2)37-24(7)33(41)44-29-17-30(40)39(10)27-16-26(15-21(4)31(27)36)14-20(3)12-11-13-22(5)35(42)18-28(43-25(8)38-35)23(6)32-34(29,9)45-32;/h12-14,16-17,20,22-23,28-30,33,38,43H,6,15,18-19H2,1-5,7-11H3;11-13,15-16,19,22-24,28-29,32,37-38,42H,8,14,17-18H2,1-7,9-10H3;1H4/b14-12+,21-13+;13-11+,20-12+;/t22-,23+,28?,29-,30+,33+,35+,36+;22?,23?,24-,28?,29?,32?,34?,35?;/m10./s1. The lowest BCUT2D eigenvalue weighted by molar-refractivity contribution is -0.160. The van der Waals surface area contributed by atoms with Crippen LogP contribution in [0.1, 0.15) is 140 Å². The third-order valence-electron chi connectivity index (χ3n) is 19.4. The van der Waals surface area contributed by atoms with Crippen molar-refractivity contribution in [3.8, 4) is 5.75 Å². The predicted molar refractivity (Wildman–Crippen MR) is 368 cm³/mol. The number of halogens is 2. The molecule has 522 valence electrons. The quantitative estimate of drug-likeness (QED) is 0.110. The molecule has 0 radical (unpaired) electrons. The maximum atomic E-state index is 14.1. The number of amides is 2. The molecule has 0 saturated carbocycles. The number of benzene rings is 2. The van der Waals surface area contributed by atoms with Crippen molar-refractivity contribution in [1.29, 1.82) is 0 Å². The Morgan fingerprint density at radius 3 is 1.66 bits per heavy atom. The first-order valence-electron chi connectivity index (χ1n) is 32.3. The van der Waals surface area contributed by atoms with Crippen LogP contribution in [0.3, 0.4) is 0 Å². The molecule has 0 spiro atoms. The molecule has 6 aliphatic heterocycles. The third-order valence-corrected chi connectivity index (χ3v) is 20.3. The molecule has 2 aromatic rings. The van der Waals surface area contributed by atoms with Gasteiger partial charge in [0, 0.05) is 63.9 Å². The normalized spacial score (nSPS) is 33.9. The zero-order valence-corrected chi connectivity index (χ0v) is 59.4. The van der Waals surface area contributed by atoms with Crippen molar-refractivity contribution >= 4 is 58.3 Å². The first-order valence-corrected chi connectivity index (χ1v) is 33.0. The third kappa shape index (κ3) is 17.6. The predicted octanol–water partition coefficient (Wildman–Crippen LogP) is 10.7. The van der Waals surface area contributed by atoms with Crippen molar-refractivity contribution in [2.75, 3.05) is 45.2 Å². The number of carbonyl (C=O) groups excluding carboxylic acids is 4. The van der Waals surface area contributed by atoms with Crippen LogP contribution in [0.25, 0.3) is 0 Å². The van der Waals surface area contributed by atoms with Crippen LogP contribution in [-0.2, 0) is 65.2 Å². The molecule has 16 atom stereocenters. The molecule has 0 aliphatic carbocycles. The van der Waals surface area contributed by atoms with E-state index in [2.05, 4.69) is 29.1 Å². The van der Waals surface area contributed by atoms with Crippen LogP contribution in [0.5, 0.6) is 5.75 Å². The van der Waals surface area contributed by atoms with Crippen molar-refractivity contribution in [3.63, 3.8) is 0 Å². The second kappa shape index (κ2) is 31.1. The van der Waals surface area contributed by atoms with E-state index in [0.717, 1.165) is 27.8 Å². The van der Waals surface area contributed by atoms with Crippen LogP contribution in [0.2, 0.25) is 10.0 Å². The van der Waals surface area contributed by atoms with Crippen LogP contribution in [0.15, 0.2) is 96.8 Å². The molecule has 22 heteroatoms. The summed E-state index contributed by atoms with van der Waals surface area (Å²) in [6.07, 6.45) is 8.44. The summed E-state index contributed by atoms with van der Waals surface area (Å²) in [4.78, 5) is 59.7. The Balaban J connectivity index is 0.000000295. The number of aryl methyl sites for hydroxylation is 1. The van der Waals surface area contributed by atoms with Gasteiger partial charge in [-0.05, 0) is 130 Å². The SMILES string of the molecule is C.C=C1NC2(O)CC(O1)C(C)C1OC1(C)C(OC(=O)[C@H](C)NC(C)C)CC(=O)N(C)c1cc(cc(C)c1Cl)C/C(C)=C/C=C/C2C.C=C1N[C@]2(O)CC(O1)[C@@H](C)[C@@H]1O[C@@]1(C)[C@@H](OC(=O)[C@H](C)N(C)C(C)C)CC(=O)N(C)c1cc(cc(OC)c1Cl)C/C(C)=C/C=C/[C@H]2OC. The summed E-state index contributed by atoms with van der Waals surface area (Å²) in [6, 6.07) is 6.66. The molecule has 0 aromatic heterocycles. The van der Waals surface area contributed by atoms with Crippen molar-refractivity contribution in [2.45, 2.75) is 232 Å². The number of esters is 2. The molecular formula is C72H106Cl2N6O14. The van der Waals surface area contributed by atoms with Crippen LogP contribution >= 0.6 is 23.2 Å². The van der Waals surface area contributed by atoms with Gasteiger partial charge in [0.25, 0.3) is 0 Å². The highest BCUT2D eigenvalue weighted by Crippen LogP contribution is 2.51. The van der Waals surface area contributed by atoms with E-state index >= 15 is 0 Å². The van der Waals surface area contributed by atoms with Gasteiger partial charge < -0.3 is 73.9 Å². The number of methoxy groups -OCH3 is 2. The average molecular weight is 1350 g/mol. The van der Waals surface area contributed by atoms with E-state index in [9.17, 15) is 29.4 Å². The Morgan fingerprint density at radius 2 is 1.18 bits per heavy atom. The number of hydrogen-bond donors (Lipinski definition) is 5. The molecule has 20 nitrogen and oxygen atoms in total. The van der Waals surface area contributed by atoms with Crippen molar-refractivity contribution in [1.82, 2.24) is 20.9 Å². The summed E-state index contributed by atoms with van der Waals surface area (Å²) >= 11 is 13.5. The molecule has 8 bridgehead atoms. The maximum Gasteiger partial charge on any atom is 0.323 e. The number of likely N-dealkylation sites (N-methyl/N-ethyl adjacent to an activating group) is 1. The van der Waals surface area contributed by atoms with Gasteiger partial charge in [-0.1, -0.05) is 119 Å². The molecule has 4 saturated heterocycles. The first-order chi connectivity index (χ1) is 43.4. The number of hydrogen-bond acceptors (Lipinski definition) is 18. The summed E-state index contributed by atoms with van der Waals surface area (Å²) in [5.41, 5.74) is 1.08. The fourth-order valence-electron chi connectivity index (χ4n) is 13.0. The summed E-state index contributed by atoms with van der Waals surface area (Å²) in [6.45, 7) is 34.9. The van der Waals surface area contributed by atoms with Gasteiger partial charge in [0.05, 0.1) is 48.6 Å². The highest BCUT2D eigenvalue weighted by Gasteiger charge is 2.66. The van der Waals surface area contributed by atoms with Crippen LogP contribution in [0, 0.1) is 24.7 Å². The smallest absolute Gasteiger partial charge is 0.323 e. The van der Waals surface area contributed by atoms with Gasteiger partial charge in [0.2, 0.25) is 11.8 Å². The summed E-state index contributed by atoms with van der Waals surface area (Å²) in [5.74, 6) is -1.41. The van der Waals surface area contributed by atoms with E-state index in [4.69, 9.17) is 61.1 Å². The molecule has 5 N–H and O–H groups in total. The largest absolute Gasteiger partial charge is 0.495 e. The Hall–Kier alpha value is -5.94. The van der Waals surface area contributed by atoms with Gasteiger partial charge in [-0.2, -0.15) is 0 Å². The Kier molecular flexibility index (Phi) is 25.5. The second-order valence-corrected chi connectivity index (χ2v) is 28.2. The number of anilines is 2. The van der Waals surface area contributed by atoms with Gasteiger partial charge in [0.15, 0.2) is 17.5 Å². The van der Waals surface area contributed by atoms with Gasteiger partial charge in [-0.15, -0.1) is 0 Å². The summed E-state index contributed by atoms with van der Waals surface area (Å²) in [7, 11) is 8.25. The number of carbonyl (C=O) groups is 4. The van der Waals surface area contributed by atoms with E-state index < -0.39 is 89.4 Å². The zero-order chi connectivity index (χ0) is 69.1. The fourth-order valence-corrected chi connectivity index (χ4v) is 13.6. The number of allylic oxidation sites excluding steroid dienone is 6. The molecule has 4 fully saturated rings. The number of epoxide rings is 2. The maximum absolute atomic E-state index is 14.1. The highest BCUT2D eigenvalue weighted by molar-refractivity contribution is 6.35. The van der Waals surface area contributed by atoms with Crippen molar-refractivity contribution < 1.29 is 67.3 Å². The van der Waals surface area contributed by atoms with Crippen molar-refractivity contribution in [2.24, 2.45) is 17.8 Å². The lowest BCUT2D eigenvalue weighted by Crippen LogP contribution is -2.60. The van der Waals surface area contributed by atoms with Gasteiger partial charge >= 0.3 is 11.9 Å². The molecule has 6 heterocycles. The molecule has 8 rings (SSSR count). The van der Waals surface area contributed by atoms with Gasteiger partial charge in [-0.3, -0.25) is 24.1 Å². The number of rotatable bonds is 10. The van der Waals surface area contributed by atoms with E-state index in [1.54, 1.807) is 34.0 Å². The zero-order valence-electron chi connectivity index (χ0n) is 57.9. The Morgan fingerprint density at radius 1 is 0.723 bits per heavy atom. The fraction of sp³-hybridized carbons (Fsp3) is 0.611. The molecule has 2 aromatic carbocycles. The molecule has 6 aliphatic rings. The van der Waals surface area contributed by atoms with Gasteiger partial charge in [0.1, 0.15) is 70.3 Å². The Bertz CT molecular complexity index is 3240. The number of nitrogens with one attached hydrogen (secondary N) is 3.